The molecule has 0 saturated carbocycles. The number of nitrogens with zero attached hydrogens (tertiary/aromatic N) is 3. The Morgan fingerprint density at radius 2 is 2.17 bits per heavy atom. The van der Waals surface area contributed by atoms with E-state index in [0.29, 0.717) is 12.6 Å². The molecular weight excluding hydrogens is 230 g/mol. The third-order valence-corrected chi connectivity index (χ3v) is 3.09. The molecule has 0 bridgehead atoms. The van der Waals surface area contributed by atoms with Gasteiger partial charge in [-0.1, -0.05) is 13.8 Å². The monoisotopic (exact) mass is 253 g/mol. The van der Waals surface area contributed by atoms with Gasteiger partial charge in [-0.05, 0) is 20.4 Å². The summed E-state index contributed by atoms with van der Waals surface area (Å²) in [4.78, 5) is 17.2. The second-order valence-corrected chi connectivity index (χ2v) is 4.95. The highest BCUT2D eigenvalue weighted by Gasteiger charge is 2.16. The number of aromatic nitrogens is 2. The first-order valence-corrected chi connectivity index (χ1v) is 6.41. The molecular formula is C13H23N3O2. The van der Waals surface area contributed by atoms with Crippen molar-refractivity contribution in [1.29, 1.82) is 0 Å². The van der Waals surface area contributed by atoms with E-state index in [-0.39, 0.29) is 5.92 Å². The van der Waals surface area contributed by atoms with Gasteiger partial charge in [-0.25, -0.2) is 4.98 Å². The predicted molar refractivity (Wildman–Crippen MR) is 70.4 cm³/mol. The molecule has 1 heterocycles. The minimum Gasteiger partial charge on any atom is -0.481 e. The van der Waals surface area contributed by atoms with Crippen molar-refractivity contribution in [3.05, 3.63) is 18.2 Å². The van der Waals surface area contributed by atoms with Crippen LogP contribution in [0.5, 0.6) is 0 Å². The third-order valence-electron chi connectivity index (χ3n) is 3.09. The lowest BCUT2D eigenvalue weighted by atomic mass is 10.1. The number of imidazole rings is 1. The molecule has 5 nitrogen and oxygen atoms in total. The SMILES string of the molecule is CCN(Cc1cncn1C(C)C)CC(C)C(=O)O. The van der Waals surface area contributed by atoms with Gasteiger partial charge in [0.25, 0.3) is 0 Å². The minimum atomic E-state index is -0.745. The Balaban J connectivity index is 2.68. The van der Waals surface area contributed by atoms with Crippen molar-refractivity contribution < 1.29 is 9.90 Å². The van der Waals surface area contributed by atoms with Crippen LogP contribution in [0.3, 0.4) is 0 Å². The first-order valence-electron chi connectivity index (χ1n) is 6.41. The van der Waals surface area contributed by atoms with Gasteiger partial charge in [0.1, 0.15) is 0 Å². The normalized spacial score (nSPS) is 13.2. The Morgan fingerprint density at radius 1 is 1.50 bits per heavy atom. The summed E-state index contributed by atoms with van der Waals surface area (Å²) in [5, 5.41) is 8.95. The second-order valence-electron chi connectivity index (χ2n) is 4.95. The predicted octanol–water partition coefficient (Wildman–Crippen LogP) is 2.01. The standard InChI is InChI=1S/C13H23N3O2/c1-5-15(7-11(4)13(17)18)8-12-6-14-9-16(12)10(2)3/h6,9-11H,5,7-8H2,1-4H3,(H,17,18). The van der Waals surface area contributed by atoms with Gasteiger partial charge in [0.05, 0.1) is 17.9 Å². The van der Waals surface area contributed by atoms with E-state index < -0.39 is 5.97 Å². The van der Waals surface area contributed by atoms with Crippen LogP contribution in [0.15, 0.2) is 12.5 Å². The van der Waals surface area contributed by atoms with Gasteiger partial charge in [0, 0.05) is 25.3 Å². The molecule has 1 aromatic heterocycles. The van der Waals surface area contributed by atoms with Crippen LogP contribution in [0, 0.1) is 5.92 Å². The highest BCUT2D eigenvalue weighted by molar-refractivity contribution is 5.69. The fourth-order valence-electron chi connectivity index (χ4n) is 1.92. The van der Waals surface area contributed by atoms with Crippen LogP contribution in [0.1, 0.15) is 39.4 Å². The van der Waals surface area contributed by atoms with Crippen LogP contribution in [0.4, 0.5) is 0 Å². The van der Waals surface area contributed by atoms with Crippen molar-refractivity contribution in [3.63, 3.8) is 0 Å². The molecule has 0 fully saturated rings. The summed E-state index contributed by atoms with van der Waals surface area (Å²) in [7, 11) is 0. The largest absolute Gasteiger partial charge is 0.481 e. The molecule has 0 amide bonds. The minimum absolute atomic E-state index is 0.347. The lowest BCUT2D eigenvalue weighted by Crippen LogP contribution is -2.32. The molecule has 1 N–H and O–H groups in total. The first kappa shape index (κ1) is 14.7. The van der Waals surface area contributed by atoms with E-state index in [9.17, 15) is 4.79 Å². The Bertz CT molecular complexity index is 387. The molecule has 102 valence electrons. The molecule has 0 aromatic carbocycles. The maximum Gasteiger partial charge on any atom is 0.307 e. The van der Waals surface area contributed by atoms with E-state index in [1.807, 2.05) is 19.4 Å². The zero-order valence-electron chi connectivity index (χ0n) is 11.6. The summed E-state index contributed by atoms with van der Waals surface area (Å²) in [6, 6.07) is 0.373. The number of carbonyl (C=O) groups is 1. The fraction of sp³-hybridized carbons (Fsp3) is 0.692. The maximum atomic E-state index is 10.9. The van der Waals surface area contributed by atoms with Crippen LogP contribution in [-0.4, -0.2) is 38.6 Å². The molecule has 0 aliphatic carbocycles. The van der Waals surface area contributed by atoms with Crippen molar-refractivity contribution in [3.8, 4) is 0 Å². The topological polar surface area (TPSA) is 58.4 Å². The Morgan fingerprint density at radius 3 is 2.67 bits per heavy atom. The van der Waals surface area contributed by atoms with Crippen molar-refractivity contribution in [2.24, 2.45) is 5.92 Å². The summed E-state index contributed by atoms with van der Waals surface area (Å²) < 4.78 is 2.12. The molecule has 1 unspecified atom stereocenters. The van der Waals surface area contributed by atoms with E-state index in [0.717, 1.165) is 18.8 Å². The van der Waals surface area contributed by atoms with Gasteiger partial charge in [-0.15, -0.1) is 0 Å². The summed E-state index contributed by atoms with van der Waals surface area (Å²) >= 11 is 0. The third kappa shape index (κ3) is 3.84. The van der Waals surface area contributed by atoms with E-state index in [1.54, 1.807) is 6.92 Å². The van der Waals surface area contributed by atoms with Crippen LogP contribution < -0.4 is 0 Å². The van der Waals surface area contributed by atoms with E-state index in [4.69, 9.17) is 5.11 Å². The molecule has 5 heteroatoms. The summed E-state index contributed by atoms with van der Waals surface area (Å²) in [5.41, 5.74) is 1.13. The molecule has 0 saturated heterocycles. The number of aliphatic carboxylic acids is 1. The molecule has 0 radical (unpaired) electrons. The van der Waals surface area contributed by atoms with Gasteiger partial charge in [-0.2, -0.15) is 0 Å². The van der Waals surface area contributed by atoms with E-state index in [1.165, 1.54) is 0 Å². The number of rotatable bonds is 7. The highest BCUT2D eigenvalue weighted by Crippen LogP contribution is 2.12. The van der Waals surface area contributed by atoms with Gasteiger partial charge in [-0.3, -0.25) is 9.69 Å². The van der Waals surface area contributed by atoms with Crippen molar-refractivity contribution >= 4 is 5.97 Å². The van der Waals surface area contributed by atoms with Gasteiger partial charge in [0.15, 0.2) is 0 Å². The Labute approximate surface area is 108 Å². The summed E-state index contributed by atoms with van der Waals surface area (Å²) in [6.07, 6.45) is 3.68. The van der Waals surface area contributed by atoms with Gasteiger partial charge >= 0.3 is 5.97 Å². The van der Waals surface area contributed by atoms with Crippen LogP contribution in [-0.2, 0) is 11.3 Å². The van der Waals surface area contributed by atoms with E-state index >= 15 is 0 Å². The number of carboxylic acid groups (broad SMARTS) is 1. The average molecular weight is 253 g/mol. The van der Waals surface area contributed by atoms with Gasteiger partial charge < -0.3 is 9.67 Å². The van der Waals surface area contributed by atoms with Gasteiger partial charge in [0.2, 0.25) is 0 Å². The highest BCUT2D eigenvalue weighted by atomic mass is 16.4. The second kappa shape index (κ2) is 6.54. The van der Waals surface area contributed by atoms with Crippen LogP contribution in [0.25, 0.3) is 0 Å². The number of hydrogen-bond donors (Lipinski definition) is 1. The zero-order valence-corrected chi connectivity index (χ0v) is 11.6. The average Bonchev–Trinajstić information content (AvgIpc) is 2.75. The maximum absolute atomic E-state index is 10.9. The van der Waals surface area contributed by atoms with Crippen molar-refractivity contribution in [2.75, 3.05) is 13.1 Å². The van der Waals surface area contributed by atoms with E-state index in [2.05, 4.69) is 28.3 Å². The molecule has 1 atom stereocenters. The lowest BCUT2D eigenvalue weighted by Gasteiger charge is -2.23. The Kier molecular flexibility index (Phi) is 5.34. The quantitative estimate of drug-likeness (QED) is 0.807. The zero-order chi connectivity index (χ0) is 13.7. The van der Waals surface area contributed by atoms with Crippen LogP contribution >= 0.6 is 0 Å². The molecule has 1 rings (SSSR count). The lowest BCUT2D eigenvalue weighted by molar-refractivity contribution is -0.141. The molecule has 0 aliphatic heterocycles. The number of hydrogen-bond acceptors (Lipinski definition) is 3. The van der Waals surface area contributed by atoms with Crippen LogP contribution in [0.2, 0.25) is 0 Å². The molecule has 18 heavy (non-hydrogen) atoms. The smallest absolute Gasteiger partial charge is 0.307 e. The summed E-state index contributed by atoms with van der Waals surface area (Å²) in [5.74, 6) is -1.09. The number of carboxylic acids is 1. The van der Waals surface area contributed by atoms with Crippen molar-refractivity contribution in [1.82, 2.24) is 14.5 Å². The van der Waals surface area contributed by atoms with Crippen molar-refractivity contribution in [2.45, 2.75) is 40.3 Å². The molecule has 0 aliphatic rings. The fourth-order valence-corrected chi connectivity index (χ4v) is 1.92. The molecule has 0 spiro atoms. The Hall–Kier alpha value is -1.36. The molecule has 1 aromatic rings. The first-order chi connectivity index (χ1) is 8.45. The summed E-state index contributed by atoms with van der Waals surface area (Å²) in [6.45, 7) is 10.2.